The summed E-state index contributed by atoms with van der Waals surface area (Å²) in [6, 6.07) is 8.94. The van der Waals surface area contributed by atoms with Gasteiger partial charge in [0, 0.05) is 24.6 Å². The lowest BCUT2D eigenvalue weighted by Gasteiger charge is -2.51. The molecule has 1 aromatic carbocycles. The molecule has 8 heterocycles. The van der Waals surface area contributed by atoms with Gasteiger partial charge in [-0.1, -0.05) is 150 Å². The van der Waals surface area contributed by atoms with Crippen molar-refractivity contribution in [1.82, 2.24) is 39.0 Å². The normalized spacial score (nSPS) is 23.8. The van der Waals surface area contributed by atoms with E-state index in [2.05, 4.69) is 158 Å². The summed E-state index contributed by atoms with van der Waals surface area (Å²) in [5, 5.41) is 5.57. The number of anilines is 2. The molecule has 2 unspecified atom stereocenters. The number of nitrogens with one attached hydrogen (secondary N) is 3. The van der Waals surface area contributed by atoms with Crippen LogP contribution < -0.4 is 21.9 Å². The minimum absolute atomic E-state index is 0.0218. The Hall–Kier alpha value is -4.67. The molecule has 4 fully saturated rings. The molecule has 98 heavy (non-hydrogen) atoms. The van der Waals surface area contributed by atoms with E-state index in [1.54, 1.807) is 49.0 Å². The van der Waals surface area contributed by atoms with Crippen molar-refractivity contribution in [1.29, 1.82) is 0 Å². The van der Waals surface area contributed by atoms with E-state index < -0.39 is 88.9 Å². The molecule has 5 N–H and O–H groups in total. The Kier molecular flexibility index (Phi) is 28.2. The van der Waals surface area contributed by atoms with Crippen molar-refractivity contribution >= 4 is 80.2 Å². The molecule has 0 bridgehead atoms. The van der Waals surface area contributed by atoms with Crippen molar-refractivity contribution < 1.29 is 73.4 Å². The molecule has 8 atom stereocenters. The number of aromatic nitrogens is 8. The van der Waals surface area contributed by atoms with E-state index in [-0.39, 0.29) is 112 Å². The maximum absolute atomic E-state index is 13.1. The Morgan fingerprint density at radius 2 is 1.04 bits per heavy atom. The van der Waals surface area contributed by atoms with Crippen molar-refractivity contribution in [2.75, 3.05) is 83.6 Å². The third-order valence-electron chi connectivity index (χ3n) is 18.6. The number of benzene rings is 1. The molecule has 5 aromatic rings. The second-order valence-electron chi connectivity index (χ2n) is 28.3. The van der Waals surface area contributed by atoms with Crippen LogP contribution in [0.3, 0.4) is 0 Å². The number of hydrogen-bond acceptors (Lipinski definition) is 23. The second kappa shape index (κ2) is 35.0. The smallest absolute Gasteiger partial charge is 0.335 e. The minimum atomic E-state index is -3.02. The van der Waals surface area contributed by atoms with Crippen LogP contribution in [0.2, 0.25) is 44.3 Å². The zero-order chi connectivity index (χ0) is 71.4. The summed E-state index contributed by atoms with van der Waals surface area (Å²) in [5.41, 5.74) is 7.90. The number of carbonyl (C=O) groups is 2. The van der Waals surface area contributed by atoms with E-state index >= 15 is 0 Å². The van der Waals surface area contributed by atoms with Crippen LogP contribution in [0.1, 0.15) is 161 Å². The van der Waals surface area contributed by atoms with E-state index in [0.717, 1.165) is 6.42 Å². The molecule has 548 valence electrons. The monoisotopic (exact) mass is 1440 g/mol. The Morgan fingerprint density at radius 3 is 1.50 bits per heavy atom. The number of carbonyl (C=O) groups excluding carboxylic acids is 2. The predicted molar refractivity (Wildman–Crippen MR) is 379 cm³/mol. The molecule has 9 rings (SSSR count). The molecule has 4 saturated heterocycles. The average molecular weight is 1440 g/mol. The first-order valence-corrected chi connectivity index (χ1v) is 42.9. The summed E-state index contributed by atoms with van der Waals surface area (Å²) in [6.07, 6.45) is 0.444. The van der Waals surface area contributed by atoms with Crippen LogP contribution in [-0.4, -0.2) is 195 Å². The van der Waals surface area contributed by atoms with E-state index in [1.807, 2.05) is 10.6 Å². The van der Waals surface area contributed by atoms with Crippen LogP contribution in [0, 0.1) is 5.92 Å². The Bertz CT molecular complexity index is 3370. The summed E-state index contributed by atoms with van der Waals surface area (Å²) in [4.78, 5) is 63.7. The van der Waals surface area contributed by atoms with Gasteiger partial charge >= 0.3 is 34.2 Å². The van der Waals surface area contributed by atoms with Crippen molar-refractivity contribution in [3.8, 4) is 0 Å². The van der Waals surface area contributed by atoms with Gasteiger partial charge in [-0.25, -0.2) is 19.9 Å². The maximum Gasteiger partial charge on any atom is 0.335 e. The summed E-state index contributed by atoms with van der Waals surface area (Å²) in [7, 11) is -11.6. The first-order chi connectivity index (χ1) is 46.6. The second-order valence-corrected chi connectivity index (χ2v) is 46.0. The highest BCUT2D eigenvalue weighted by molar-refractivity contribution is 6.84. The zero-order valence-corrected chi connectivity index (χ0v) is 65.1. The number of amides is 2. The first kappa shape index (κ1) is 79.0. The summed E-state index contributed by atoms with van der Waals surface area (Å²) in [6.45, 7) is 44.0. The number of ether oxygens (including phenoxy) is 8. The third-order valence-corrected chi connectivity index (χ3v) is 39.1. The lowest BCUT2D eigenvalue weighted by Crippen LogP contribution is -2.66. The van der Waals surface area contributed by atoms with E-state index in [1.165, 1.54) is 12.7 Å². The highest BCUT2D eigenvalue weighted by Crippen LogP contribution is 2.51. The number of H-pyrrole nitrogens is 1. The standard InChI is InChI=1S/C34H54N6O8Si2.C32H57N5O9Si2/c1-22(2)49(23(3)4)45-18-27-29(47-50(48-49,24(5)6)25(7)8)30(44-21-43-17-16-42-15-14-35)34(46-27)40-20-38-28-31(36-19-37-32(28)40)39-33(41)26-12-10-9-11-13-26;1-12-13-40-14-15-41-18-42-27-26-24(16-43-47(20(4)5,21(6)7)46-48(45-26,22(8)9)23(10)11)44-31(27)37-17-33-25-28(37)34-32(36-30(25)39)35-29(38)19(2)3/h9-13,19-20,22-25,27,29-30,34H,14-18,21,35H2,1-8H3,(H,36,37,39,41);17,19-24,26-27,31H,12-16,18H2,1-11H3,(H2,34,35,36,38,39)/t27-,29?,30+,34-;24-,26?,27+,31-/m11/s1. The summed E-state index contributed by atoms with van der Waals surface area (Å²) >= 11 is 0. The lowest BCUT2D eigenvalue weighted by molar-refractivity contribution is -0.142. The number of rotatable bonds is 30. The van der Waals surface area contributed by atoms with Crippen LogP contribution >= 0.6 is 0 Å². The molecular weight excluding hydrogens is 1330 g/mol. The van der Waals surface area contributed by atoms with E-state index in [0.29, 0.717) is 62.9 Å². The largest absolute Gasteiger partial charge is 0.414 e. The van der Waals surface area contributed by atoms with E-state index in [4.69, 9.17) is 69.6 Å². The van der Waals surface area contributed by atoms with Gasteiger partial charge < -0.3 is 74.9 Å². The van der Waals surface area contributed by atoms with Crippen LogP contribution in [-0.2, 0) is 68.6 Å². The topological polar surface area (TPSA) is 321 Å². The van der Waals surface area contributed by atoms with Gasteiger partial charge in [-0.15, -0.1) is 0 Å². The highest BCUT2D eigenvalue weighted by Gasteiger charge is 2.64. The van der Waals surface area contributed by atoms with Gasteiger partial charge in [-0.3, -0.25) is 33.8 Å². The fourth-order valence-corrected chi connectivity index (χ4v) is 35.8. The van der Waals surface area contributed by atoms with Crippen LogP contribution in [0.5, 0.6) is 0 Å². The quantitative estimate of drug-likeness (QED) is 0.0189. The summed E-state index contributed by atoms with van der Waals surface area (Å²) < 4.78 is 96.3. The Balaban J connectivity index is 0.000000250. The lowest BCUT2D eigenvalue weighted by atomic mass is 10.1. The highest BCUT2D eigenvalue weighted by atomic mass is 28.5. The molecule has 4 aliphatic rings. The molecule has 0 saturated carbocycles. The number of nitrogens with two attached hydrogens (primary N) is 1. The van der Waals surface area contributed by atoms with Crippen molar-refractivity contribution in [3.63, 3.8) is 0 Å². The van der Waals surface area contributed by atoms with Crippen LogP contribution in [0.25, 0.3) is 22.3 Å². The number of imidazole rings is 2. The fraction of sp³-hybridized carbons (Fsp3) is 0.727. The molecule has 2 amide bonds. The molecule has 4 aromatic heterocycles. The van der Waals surface area contributed by atoms with Gasteiger partial charge in [0.1, 0.15) is 56.5 Å². The van der Waals surface area contributed by atoms with Crippen molar-refractivity contribution in [2.45, 2.75) is 231 Å². The molecule has 4 aliphatic heterocycles. The van der Waals surface area contributed by atoms with Crippen molar-refractivity contribution in [2.24, 2.45) is 11.7 Å². The van der Waals surface area contributed by atoms with Gasteiger partial charge in [0.25, 0.3) is 11.5 Å². The zero-order valence-electron chi connectivity index (χ0n) is 61.1. The van der Waals surface area contributed by atoms with Gasteiger partial charge in [-0.05, 0) is 62.9 Å². The van der Waals surface area contributed by atoms with Gasteiger partial charge in [0.05, 0.1) is 58.9 Å². The number of hydrogen-bond donors (Lipinski definition) is 4. The molecule has 32 heteroatoms. The van der Waals surface area contributed by atoms with Gasteiger partial charge in [-0.2, -0.15) is 4.98 Å². The molecule has 0 aliphatic carbocycles. The number of fused-ring (bicyclic) bond motifs is 4. The SMILES string of the molecule is CC(C)[Si]1(C(C)C)OC[C@H]2O[C@@H](n3cnc4c(NC(=O)c5ccccc5)ncnc43)[C@@H](OCOCCOCCN)C2O[Si](C(C)C)(C(C)C)O1.CCCOCCOCO[C@H]1C2O[Si](C(C)C)(C(C)C)O[Si](C(C)C)(C(C)C)OC[C@H]2O[C@H]1n1cnc2c(=O)[nH]c(NC(=O)C(C)C)nc21. The summed E-state index contributed by atoms with van der Waals surface area (Å²) in [5.74, 6) is -0.588. The Morgan fingerprint density at radius 1 is 0.582 bits per heavy atom. The Labute approximate surface area is 581 Å². The predicted octanol–water partition coefficient (Wildman–Crippen LogP) is 10.6. The fourth-order valence-electron chi connectivity index (χ4n) is 13.4. The average Bonchev–Trinajstić information content (AvgIpc) is 1.46. The third kappa shape index (κ3) is 17.3. The van der Waals surface area contributed by atoms with Gasteiger partial charge in [0.2, 0.25) is 11.9 Å². The minimum Gasteiger partial charge on any atom is -0.414 e. The molecule has 0 spiro atoms. The van der Waals surface area contributed by atoms with E-state index in [9.17, 15) is 14.4 Å². The first-order valence-electron chi connectivity index (χ1n) is 35.0. The van der Waals surface area contributed by atoms with Crippen LogP contribution in [0.4, 0.5) is 11.8 Å². The number of nitrogens with zero attached hydrogens (tertiary/aromatic N) is 7. The molecule has 0 radical (unpaired) electrons. The van der Waals surface area contributed by atoms with Crippen LogP contribution in [0.15, 0.2) is 54.1 Å². The van der Waals surface area contributed by atoms with Crippen molar-refractivity contribution in [3.05, 3.63) is 65.2 Å². The molecular formula is C66H111N11O17Si4. The van der Waals surface area contributed by atoms with Gasteiger partial charge in [0.15, 0.2) is 40.6 Å². The maximum atomic E-state index is 13.1. The molecule has 28 nitrogen and oxygen atoms in total. The number of aromatic amines is 1.